The smallest absolute Gasteiger partial charge is 0.312 e. The number of hydrogen-bond acceptors (Lipinski definition) is 23. The van der Waals surface area contributed by atoms with E-state index in [0.29, 0.717) is 94.4 Å². The number of benzene rings is 4. The number of rotatable bonds is 29. The van der Waals surface area contributed by atoms with Crippen LogP contribution in [0.2, 0.25) is 0 Å². The molecule has 6 heterocycles. The predicted octanol–water partition coefficient (Wildman–Crippen LogP) is 11.1. The van der Waals surface area contributed by atoms with Gasteiger partial charge < -0.3 is 74.9 Å². The van der Waals surface area contributed by atoms with Crippen molar-refractivity contribution in [3.8, 4) is 11.5 Å². The van der Waals surface area contributed by atoms with E-state index in [-0.39, 0.29) is 121 Å². The summed E-state index contributed by atoms with van der Waals surface area (Å²) in [6.45, 7) is 15.4. The number of fused-ring (bicyclic) bond motifs is 2. The first-order valence-corrected chi connectivity index (χ1v) is 41.3. The van der Waals surface area contributed by atoms with Crippen LogP contribution in [0.15, 0.2) is 116 Å². The fourth-order valence-corrected chi connectivity index (χ4v) is 18.0. The molecular formula is C88H111N8O19S+. The summed E-state index contributed by atoms with van der Waals surface area (Å²) >= 11 is 1.49. The number of aromatic hydroxyl groups is 1. The summed E-state index contributed by atoms with van der Waals surface area (Å²) in [5, 5.41) is 60.2. The second kappa shape index (κ2) is 37.0. The minimum atomic E-state index is -2.05. The molecule has 9 N–H and O–H groups in total. The molecule has 0 spiro atoms. The number of nitrogens with zero attached hydrogens (tertiary/aromatic N) is 4. The van der Waals surface area contributed by atoms with Gasteiger partial charge in [-0.3, -0.25) is 48.1 Å². The number of ether oxygens (including phenoxy) is 4. The van der Waals surface area contributed by atoms with E-state index in [1.807, 2.05) is 29.0 Å². The molecule has 11 atom stereocenters. The second-order valence-electron chi connectivity index (χ2n) is 33.1. The monoisotopic (exact) mass is 1620 g/mol. The van der Waals surface area contributed by atoms with Gasteiger partial charge in [-0.05, 0) is 105 Å². The number of phenolic OH excluding ortho intramolecular Hbond substituents is 1. The number of primary amides is 1. The lowest BCUT2D eigenvalue weighted by Crippen LogP contribution is -2.53. The number of allylic oxidation sites excluding steroid dienone is 2. The molecule has 116 heavy (non-hydrogen) atoms. The highest BCUT2D eigenvalue weighted by Gasteiger charge is 2.51. The highest BCUT2D eigenvalue weighted by atomic mass is 32.1. The number of anilines is 3. The molecular weight excluding hydrogens is 1510 g/mol. The topological polar surface area (TPSA) is 383 Å². The van der Waals surface area contributed by atoms with Crippen molar-refractivity contribution < 1.29 is 86.6 Å². The van der Waals surface area contributed by atoms with Crippen LogP contribution in [-0.4, -0.2) is 172 Å². The van der Waals surface area contributed by atoms with Gasteiger partial charge in [0, 0.05) is 174 Å². The number of esters is 1. The van der Waals surface area contributed by atoms with Crippen LogP contribution < -0.4 is 47.4 Å². The van der Waals surface area contributed by atoms with Crippen molar-refractivity contribution in [1.29, 1.82) is 0 Å². The summed E-state index contributed by atoms with van der Waals surface area (Å²) in [6.07, 6.45) is 13.7. The molecule has 4 bridgehead atoms. The van der Waals surface area contributed by atoms with Gasteiger partial charge in [-0.2, -0.15) is 11.3 Å². The van der Waals surface area contributed by atoms with Gasteiger partial charge in [-0.25, -0.2) is 9.78 Å². The Labute approximate surface area is 678 Å². The number of aliphatic hydroxyl groups excluding tert-OH is 3. The van der Waals surface area contributed by atoms with Crippen LogP contribution >= 0.6 is 11.3 Å². The minimum absolute atomic E-state index is 0.0203. The number of carbonyl (C=O) groups excluding carboxylic acids is 8. The summed E-state index contributed by atoms with van der Waals surface area (Å²) < 4.78 is 31.6. The average molecular weight is 1620 g/mol. The summed E-state index contributed by atoms with van der Waals surface area (Å²) in [6, 6.07) is 12.8. The van der Waals surface area contributed by atoms with Crippen molar-refractivity contribution in [3.05, 3.63) is 144 Å². The number of Topliss-reactive ketones (excluding diaryl/α,β-unsaturated/α-hetero) is 3. The molecule has 5 amide bonds. The minimum Gasteiger partial charge on any atom is -0.507 e. The molecule has 6 aromatic rings. The average Bonchev–Trinajstić information content (AvgIpc) is 1.46. The van der Waals surface area contributed by atoms with Crippen molar-refractivity contribution in [2.75, 3.05) is 69.5 Å². The zero-order valence-electron chi connectivity index (χ0n) is 68.1. The van der Waals surface area contributed by atoms with Gasteiger partial charge in [0.15, 0.2) is 22.4 Å². The number of nitrogens with one attached hydrogen (secondary N) is 3. The Bertz CT molecular complexity index is 5000. The molecule has 5 aliphatic rings. The second-order valence-corrected chi connectivity index (χ2v) is 33.9. The van der Waals surface area contributed by atoms with Crippen LogP contribution in [0.4, 0.5) is 21.9 Å². The fourth-order valence-electron chi connectivity index (χ4n) is 17.3. The van der Waals surface area contributed by atoms with E-state index in [1.54, 1.807) is 45.9 Å². The van der Waals surface area contributed by atoms with E-state index >= 15 is 4.79 Å². The normalized spacial score (nSPS) is 24.3. The first-order valence-electron chi connectivity index (χ1n) is 40.4. The summed E-state index contributed by atoms with van der Waals surface area (Å²) in [7, 11) is 5.81. The third-order valence-electron chi connectivity index (χ3n) is 24.6. The van der Waals surface area contributed by atoms with Gasteiger partial charge >= 0.3 is 17.8 Å². The molecule has 622 valence electrons. The first-order chi connectivity index (χ1) is 55.1. The Morgan fingerprint density at radius 3 is 2.20 bits per heavy atom. The van der Waals surface area contributed by atoms with Crippen molar-refractivity contribution in [2.24, 2.45) is 40.7 Å². The third-order valence-corrected chi connectivity index (χ3v) is 25.3. The number of quaternary nitrogens is 1. The SMILES string of the molecule is CO[C@H]1/C=C/O[C@@]2(C)Oc3c(C)c(O)c4c(=O)c(c5oc6cc(N7CCC([N+](C)(C)Cc8ccc(NC[C@H](CCCNC(N)=O)CC(=O)C9(C(=O)C[C@H](CC(=O)CCCCCCN%10C(=O)C=CC%10=O)c%10ccsc%10)CCC9)cc8)CC7)cc(=O)c6nc5c4c3=C2O)NC(=O)/C(C)=C\C=C\[C@H](C)[C@H](O)[C@@H](C)[C@@H](O)[C@@H](C)[C@H](OC(C)=O)[C@@H]1C. The number of amides is 5. The number of thiophene rings is 1. The third kappa shape index (κ3) is 19.1. The van der Waals surface area contributed by atoms with E-state index in [0.717, 1.165) is 48.9 Å². The van der Waals surface area contributed by atoms with Crippen molar-refractivity contribution in [1.82, 2.24) is 15.2 Å². The number of piperidine rings is 1. The molecule has 0 radical (unpaired) electrons. The van der Waals surface area contributed by atoms with Crippen LogP contribution in [0.3, 0.4) is 0 Å². The Kier molecular flexibility index (Phi) is 27.7. The van der Waals surface area contributed by atoms with Crippen molar-refractivity contribution in [3.63, 3.8) is 0 Å². The first kappa shape index (κ1) is 86.7. The lowest BCUT2D eigenvalue weighted by molar-refractivity contribution is -0.928. The van der Waals surface area contributed by atoms with Crippen LogP contribution in [-0.2, 0) is 54.3 Å². The number of aliphatic hydroxyl groups is 3. The molecule has 2 fully saturated rings. The van der Waals surface area contributed by atoms with Gasteiger partial charge in [0.05, 0.1) is 60.7 Å². The molecule has 0 unspecified atom stereocenters. The number of ketones is 3. The Morgan fingerprint density at radius 1 is 0.845 bits per heavy atom. The molecule has 2 aromatic heterocycles. The number of aromatic nitrogens is 1. The quantitative estimate of drug-likeness (QED) is 0.00411. The molecule has 4 aromatic carbocycles. The van der Waals surface area contributed by atoms with Gasteiger partial charge in [-0.15, -0.1) is 0 Å². The molecule has 4 aliphatic heterocycles. The Hall–Kier alpha value is -10.1. The Balaban J connectivity index is 0.783. The van der Waals surface area contributed by atoms with Crippen LogP contribution in [0, 0.1) is 41.9 Å². The van der Waals surface area contributed by atoms with E-state index in [9.17, 15) is 63.6 Å². The maximum atomic E-state index is 15.3. The number of phenols is 1. The number of methoxy groups -OCH3 is 1. The molecule has 27 nitrogen and oxygen atoms in total. The highest BCUT2D eigenvalue weighted by Crippen LogP contribution is 2.48. The van der Waals surface area contributed by atoms with E-state index in [1.165, 1.54) is 87.7 Å². The van der Waals surface area contributed by atoms with Gasteiger partial charge in [0.25, 0.3) is 17.7 Å². The zero-order valence-corrected chi connectivity index (χ0v) is 68.9. The summed E-state index contributed by atoms with van der Waals surface area (Å²) in [5.74, 6) is -8.70. The van der Waals surface area contributed by atoms with E-state index in [2.05, 4.69) is 47.1 Å². The zero-order chi connectivity index (χ0) is 83.8. The number of urea groups is 1. The fraction of sp³-hybridized carbons (Fsp3) is 0.511. The molecule has 1 saturated carbocycles. The standard InChI is InChI=1S/C88H110N8O19S/c1-49-19-16-20-50(2)85(109)93-76-80(107)72-71(73-82(54(6)79(72)106)115-87(8,84(73)108)112-39-31-65(111-11)51(3)81(113-55(7)97)53(5)78(105)52(4)77(49)104)75-83(76)114-66-45-61(44-64(99)74(66)92-75)94-37-29-62(30-38-94)96(9,10)47-56-23-25-60(26-24-56)91-46-57(21-17-35-90-86(89)110)41-67(100)88(33-18-34-88)68(101)43-59(58-32-40-116-48-58)42-63(98)22-14-12-13-15-36-95-69(102)27-28-70(95)103/h16,19-20,23-28,31-32,39-40,44-45,48-49,51-53,57,59,62,65,77-78,81,91,104-105H,12-15,17-18,21-22,29-30,33-38,41-43,46-47H2,1-11H3,(H5-,89,90,92,93,99,102,103,106,107,108,109,110)/p+1/b19-16+,39-31+,50-20-/t49-,51+,52+,53+,57+,59-,65-,77-,78+,81+,87-/m0/s1. The number of hydrogen-bond donors (Lipinski definition) is 8. The highest BCUT2D eigenvalue weighted by molar-refractivity contribution is 7.08. The van der Waals surface area contributed by atoms with Crippen LogP contribution in [0.1, 0.15) is 167 Å². The maximum absolute atomic E-state index is 15.3. The summed E-state index contributed by atoms with van der Waals surface area (Å²) in [4.78, 5) is 143. The van der Waals surface area contributed by atoms with E-state index < -0.39 is 105 Å². The van der Waals surface area contributed by atoms with Crippen molar-refractivity contribution in [2.45, 2.75) is 200 Å². The lowest BCUT2D eigenvalue weighted by atomic mass is 9.60. The molecule has 28 heteroatoms. The maximum Gasteiger partial charge on any atom is 0.312 e. The largest absolute Gasteiger partial charge is 0.507 e. The van der Waals surface area contributed by atoms with Gasteiger partial charge in [-0.1, -0.05) is 77.3 Å². The number of unbranched alkanes of at least 4 members (excludes halogenated alkanes) is 3. The van der Waals surface area contributed by atoms with Gasteiger partial charge in [0.1, 0.15) is 52.7 Å². The number of carbonyl (C=O) groups is 8. The van der Waals surface area contributed by atoms with Crippen LogP contribution in [0.25, 0.3) is 38.7 Å². The van der Waals surface area contributed by atoms with Crippen molar-refractivity contribution >= 4 is 114 Å². The Morgan fingerprint density at radius 2 is 1.54 bits per heavy atom. The molecule has 11 rings (SSSR count). The summed E-state index contributed by atoms with van der Waals surface area (Å²) in [5.41, 5.74) is 5.25. The molecule has 1 saturated heterocycles. The number of nitrogens with two attached hydrogens (primary N) is 1. The predicted molar refractivity (Wildman–Crippen MR) is 442 cm³/mol. The van der Waals surface area contributed by atoms with Gasteiger partial charge in [0.2, 0.25) is 10.9 Å². The lowest BCUT2D eigenvalue weighted by Gasteiger charge is -2.43. The van der Waals surface area contributed by atoms with E-state index in [4.69, 9.17) is 34.1 Å². The number of imide groups is 1. The van der Waals surface area contributed by atoms with Crippen LogP contribution in [0.5, 0.6) is 11.5 Å². The molecule has 1 aliphatic carbocycles.